The van der Waals surface area contributed by atoms with E-state index < -0.39 is 16.1 Å². The van der Waals surface area contributed by atoms with Crippen LogP contribution in [0, 0.1) is 0 Å². The van der Waals surface area contributed by atoms with Gasteiger partial charge in [-0.3, -0.25) is 9.89 Å². The van der Waals surface area contributed by atoms with Crippen molar-refractivity contribution in [3.63, 3.8) is 0 Å². The van der Waals surface area contributed by atoms with Gasteiger partial charge in [0, 0.05) is 6.21 Å². The van der Waals surface area contributed by atoms with Crippen molar-refractivity contribution >= 4 is 16.2 Å². The summed E-state index contributed by atoms with van der Waals surface area (Å²) in [5, 5.41) is 0. The van der Waals surface area contributed by atoms with Crippen LogP contribution in [0.1, 0.15) is 12.8 Å². The van der Waals surface area contributed by atoms with Gasteiger partial charge in [-0.25, -0.2) is 13.1 Å². The molecule has 0 radical (unpaired) electrons. The van der Waals surface area contributed by atoms with Gasteiger partial charge in [-0.1, -0.05) is 0 Å². The van der Waals surface area contributed by atoms with Gasteiger partial charge in [-0.05, 0) is 26.9 Å². The number of aliphatic imine (C=N–C) groups is 1. The summed E-state index contributed by atoms with van der Waals surface area (Å²) in [5.41, 5.74) is 0. The number of rotatable bonds is 5. The van der Waals surface area contributed by atoms with Crippen LogP contribution < -0.4 is 4.72 Å². The van der Waals surface area contributed by atoms with Gasteiger partial charge in [0.1, 0.15) is 5.76 Å². The van der Waals surface area contributed by atoms with E-state index in [-0.39, 0.29) is 12.1 Å². The average molecular weight is 273 g/mol. The number of hydrogen-bond acceptors (Lipinski definition) is 5. The Kier molecular flexibility index (Phi) is 3.74. The first-order valence-electron chi connectivity index (χ1n) is 5.90. The lowest BCUT2D eigenvalue weighted by Gasteiger charge is -2.33. The number of hydrogen-bond donors (Lipinski definition) is 1. The zero-order chi connectivity index (χ0) is 13.3. The third-order valence-corrected chi connectivity index (χ3v) is 3.51. The van der Waals surface area contributed by atoms with Crippen molar-refractivity contribution in [2.45, 2.75) is 31.0 Å². The molecule has 0 amide bonds. The fraction of sp³-hybridized carbons (Fsp3) is 0.727. The summed E-state index contributed by atoms with van der Waals surface area (Å²) in [6.07, 6.45) is 6.81. The van der Waals surface area contributed by atoms with E-state index in [1.807, 2.05) is 19.0 Å². The van der Waals surface area contributed by atoms with E-state index in [0.29, 0.717) is 0 Å². The predicted octanol–water partition coefficient (Wildman–Crippen LogP) is -0.0608. The van der Waals surface area contributed by atoms with Crippen LogP contribution in [0.15, 0.2) is 17.0 Å². The van der Waals surface area contributed by atoms with E-state index in [1.165, 1.54) is 0 Å². The fourth-order valence-corrected chi connectivity index (χ4v) is 2.62. The second kappa shape index (κ2) is 4.99. The Hall–Kier alpha value is -0.920. The average Bonchev–Trinajstić information content (AvgIpc) is 2.98. The van der Waals surface area contributed by atoms with Crippen LogP contribution in [0.2, 0.25) is 0 Å². The second-order valence-corrected chi connectivity index (χ2v) is 6.75. The molecule has 2 rings (SSSR count). The van der Waals surface area contributed by atoms with E-state index in [4.69, 9.17) is 4.74 Å². The maximum absolute atomic E-state index is 11.4. The van der Waals surface area contributed by atoms with Crippen molar-refractivity contribution < 1.29 is 13.2 Å². The van der Waals surface area contributed by atoms with Gasteiger partial charge in [-0.2, -0.15) is 0 Å². The summed E-state index contributed by atoms with van der Waals surface area (Å²) in [6.45, 7) is 0. The topological polar surface area (TPSA) is 71.0 Å². The Labute approximate surface area is 108 Å². The molecule has 0 spiro atoms. The molecule has 2 aliphatic rings. The lowest BCUT2D eigenvalue weighted by atomic mass is 10.1. The molecule has 1 N–H and O–H groups in total. The zero-order valence-electron chi connectivity index (χ0n) is 10.8. The van der Waals surface area contributed by atoms with Crippen LogP contribution in [-0.2, 0) is 14.8 Å². The third-order valence-electron chi connectivity index (χ3n) is 2.81. The summed E-state index contributed by atoms with van der Waals surface area (Å²) in [4.78, 5) is 6.00. The lowest BCUT2D eigenvalue weighted by molar-refractivity contribution is 0.132. The number of sulfonamides is 1. The van der Waals surface area contributed by atoms with Gasteiger partial charge in [0.2, 0.25) is 10.0 Å². The molecule has 1 aliphatic heterocycles. The summed E-state index contributed by atoms with van der Waals surface area (Å²) >= 11 is 0. The van der Waals surface area contributed by atoms with Crippen LogP contribution >= 0.6 is 0 Å². The monoisotopic (exact) mass is 273 g/mol. The number of likely N-dealkylation sites (N-methyl/N-ethyl adjacent to an activating group) is 1. The highest BCUT2D eigenvalue weighted by Crippen LogP contribution is 2.29. The van der Waals surface area contributed by atoms with Crippen molar-refractivity contribution in [1.82, 2.24) is 9.62 Å². The van der Waals surface area contributed by atoms with E-state index in [2.05, 4.69) is 9.71 Å². The molecule has 102 valence electrons. The summed E-state index contributed by atoms with van der Waals surface area (Å²) < 4.78 is 31.1. The second-order valence-electron chi connectivity index (χ2n) is 4.97. The van der Waals surface area contributed by atoms with Crippen LogP contribution in [0.3, 0.4) is 0 Å². The first kappa shape index (κ1) is 13.5. The normalized spacial score (nSPS) is 28.3. The number of nitrogens with one attached hydrogen (secondary N) is 1. The Bertz CT molecular complexity index is 466. The standard InChI is InChI=1S/C11H19N3O3S/c1-14(2)11-9(13-18(3,15)16)6-12-7-10(11)17-8-4-5-8/h6-9,11,13H,4-5H2,1-3H3. The van der Waals surface area contributed by atoms with E-state index >= 15 is 0 Å². The molecule has 0 bridgehead atoms. The van der Waals surface area contributed by atoms with E-state index in [1.54, 1.807) is 12.4 Å². The van der Waals surface area contributed by atoms with Crippen molar-refractivity contribution in [3.05, 3.63) is 12.0 Å². The molecule has 1 heterocycles. The number of nitrogens with zero attached hydrogens (tertiary/aromatic N) is 2. The van der Waals surface area contributed by atoms with E-state index in [0.717, 1.165) is 24.9 Å². The summed E-state index contributed by atoms with van der Waals surface area (Å²) in [6, 6.07) is -0.549. The largest absolute Gasteiger partial charge is 0.491 e. The molecule has 2 atom stereocenters. The van der Waals surface area contributed by atoms with Gasteiger partial charge in [0.25, 0.3) is 0 Å². The quantitative estimate of drug-likeness (QED) is 0.762. The fourth-order valence-electron chi connectivity index (χ4n) is 1.94. The molecule has 0 aromatic heterocycles. The van der Waals surface area contributed by atoms with Crippen molar-refractivity contribution in [2.24, 2.45) is 4.99 Å². The SMILES string of the molecule is CN(C)C1C(OC2CC2)=CN=CC1NS(C)(=O)=O. The molecule has 0 aromatic rings. The molecule has 6 nitrogen and oxygen atoms in total. The Morgan fingerprint density at radius 2 is 2.11 bits per heavy atom. The smallest absolute Gasteiger partial charge is 0.209 e. The molecule has 1 aliphatic carbocycles. The number of ether oxygens (including phenoxy) is 1. The van der Waals surface area contributed by atoms with Crippen LogP contribution in [0.4, 0.5) is 0 Å². The van der Waals surface area contributed by atoms with Crippen molar-refractivity contribution in [2.75, 3.05) is 20.4 Å². The van der Waals surface area contributed by atoms with Gasteiger partial charge in [0.15, 0.2) is 0 Å². The predicted molar refractivity (Wildman–Crippen MR) is 69.9 cm³/mol. The third kappa shape index (κ3) is 3.54. The van der Waals surface area contributed by atoms with Crippen LogP contribution in [0.25, 0.3) is 0 Å². The maximum Gasteiger partial charge on any atom is 0.209 e. The molecule has 1 saturated carbocycles. The van der Waals surface area contributed by atoms with Gasteiger partial charge < -0.3 is 4.74 Å². The molecular weight excluding hydrogens is 254 g/mol. The zero-order valence-corrected chi connectivity index (χ0v) is 11.6. The Morgan fingerprint density at radius 3 is 2.61 bits per heavy atom. The molecule has 7 heteroatoms. The Morgan fingerprint density at radius 1 is 1.44 bits per heavy atom. The minimum Gasteiger partial charge on any atom is -0.491 e. The van der Waals surface area contributed by atoms with Crippen molar-refractivity contribution in [3.8, 4) is 0 Å². The van der Waals surface area contributed by atoms with Gasteiger partial charge in [-0.15, -0.1) is 0 Å². The minimum absolute atomic E-state index is 0.155. The molecule has 18 heavy (non-hydrogen) atoms. The molecule has 0 saturated heterocycles. The maximum atomic E-state index is 11.4. The first-order valence-corrected chi connectivity index (χ1v) is 7.80. The van der Waals surface area contributed by atoms with Crippen molar-refractivity contribution in [1.29, 1.82) is 0 Å². The molecule has 0 aromatic carbocycles. The summed E-state index contributed by atoms with van der Waals surface area (Å²) in [7, 11) is 0.510. The summed E-state index contributed by atoms with van der Waals surface area (Å²) in [5.74, 6) is 0.728. The van der Waals surface area contributed by atoms with Gasteiger partial charge in [0.05, 0.1) is 30.6 Å². The highest BCUT2D eigenvalue weighted by atomic mass is 32.2. The lowest BCUT2D eigenvalue weighted by Crippen LogP contribution is -2.52. The van der Waals surface area contributed by atoms with Crippen LogP contribution in [-0.4, -0.2) is 58.1 Å². The molecule has 1 fully saturated rings. The highest BCUT2D eigenvalue weighted by Gasteiger charge is 2.35. The van der Waals surface area contributed by atoms with Gasteiger partial charge >= 0.3 is 0 Å². The van der Waals surface area contributed by atoms with Crippen LogP contribution in [0.5, 0.6) is 0 Å². The molecular formula is C11H19N3O3S. The molecule has 2 unspecified atom stereocenters. The highest BCUT2D eigenvalue weighted by molar-refractivity contribution is 7.88. The Balaban J connectivity index is 2.15. The first-order chi connectivity index (χ1) is 8.37. The minimum atomic E-state index is -3.28. The van der Waals surface area contributed by atoms with E-state index in [9.17, 15) is 8.42 Å².